The molecule has 0 saturated carbocycles. The summed E-state index contributed by atoms with van der Waals surface area (Å²) in [6, 6.07) is 27.2. The number of nitrogens with one attached hydrogen (secondary N) is 2. The zero-order valence-corrected chi connectivity index (χ0v) is 15.4. The van der Waals surface area contributed by atoms with E-state index in [-0.39, 0.29) is 12.5 Å². The highest BCUT2D eigenvalue weighted by molar-refractivity contribution is 5.82. The van der Waals surface area contributed by atoms with E-state index in [1.807, 2.05) is 84.9 Å². The van der Waals surface area contributed by atoms with E-state index in [4.69, 9.17) is 4.74 Å². The van der Waals surface area contributed by atoms with E-state index in [1.54, 1.807) is 0 Å². The van der Waals surface area contributed by atoms with E-state index < -0.39 is 5.91 Å². The fraction of sp³-hybridized carbons (Fsp3) is 0.130. The van der Waals surface area contributed by atoms with Crippen LogP contribution in [0.15, 0.2) is 84.9 Å². The molecule has 0 unspecified atom stereocenters. The topological polar surface area (TPSA) is 67.4 Å². The van der Waals surface area contributed by atoms with Gasteiger partial charge in [0.1, 0.15) is 5.75 Å². The molecule has 0 aliphatic carbocycles. The Hall–Kier alpha value is -3.60. The van der Waals surface area contributed by atoms with E-state index in [0.717, 1.165) is 16.7 Å². The number of aryl methyl sites for hydroxylation is 1. The standard InChI is InChI=1S/C23H22N2O3/c26-22(16-11-18-7-3-1-4-8-18)24-25-23(27)17-28-21-14-12-20(13-15-21)19-9-5-2-6-10-19/h1-10,12-15H,11,16-17H2,(H,24,26)(H,25,27). The number of hydrogen-bond donors (Lipinski definition) is 2. The molecule has 0 radical (unpaired) electrons. The van der Waals surface area contributed by atoms with Crippen LogP contribution in [0.3, 0.4) is 0 Å². The third-order valence-electron chi connectivity index (χ3n) is 4.16. The first-order valence-electron chi connectivity index (χ1n) is 9.10. The third kappa shape index (κ3) is 5.99. The fourth-order valence-electron chi connectivity index (χ4n) is 2.66. The molecule has 142 valence electrons. The molecule has 3 rings (SSSR count). The first kappa shape index (κ1) is 19.2. The van der Waals surface area contributed by atoms with Crippen LogP contribution in [0.5, 0.6) is 5.75 Å². The van der Waals surface area contributed by atoms with E-state index >= 15 is 0 Å². The summed E-state index contributed by atoms with van der Waals surface area (Å²) >= 11 is 0. The van der Waals surface area contributed by atoms with Crippen LogP contribution < -0.4 is 15.6 Å². The number of carbonyl (C=O) groups excluding carboxylic acids is 2. The predicted molar refractivity (Wildman–Crippen MR) is 108 cm³/mol. The molecule has 0 saturated heterocycles. The molecular formula is C23H22N2O3. The lowest BCUT2D eigenvalue weighted by atomic mass is 10.1. The summed E-state index contributed by atoms with van der Waals surface area (Å²) < 4.78 is 5.46. The summed E-state index contributed by atoms with van der Waals surface area (Å²) in [6.07, 6.45) is 0.916. The number of rotatable bonds is 7. The van der Waals surface area contributed by atoms with Crippen molar-refractivity contribution in [3.05, 3.63) is 90.5 Å². The summed E-state index contributed by atoms with van der Waals surface area (Å²) in [7, 11) is 0. The monoisotopic (exact) mass is 374 g/mol. The van der Waals surface area contributed by atoms with Gasteiger partial charge in [-0.25, -0.2) is 0 Å². The van der Waals surface area contributed by atoms with Gasteiger partial charge in [0.2, 0.25) is 5.91 Å². The Kier molecular flexibility index (Phi) is 6.79. The molecule has 0 atom stereocenters. The number of carbonyl (C=O) groups is 2. The van der Waals surface area contributed by atoms with Gasteiger partial charge in [0.25, 0.3) is 5.91 Å². The molecule has 0 spiro atoms. The van der Waals surface area contributed by atoms with Crippen LogP contribution in [-0.4, -0.2) is 18.4 Å². The molecular weight excluding hydrogens is 352 g/mol. The van der Waals surface area contributed by atoms with Crippen molar-refractivity contribution in [3.63, 3.8) is 0 Å². The summed E-state index contributed by atoms with van der Waals surface area (Å²) in [6.45, 7) is -0.177. The maximum atomic E-state index is 11.8. The quantitative estimate of drug-likeness (QED) is 0.622. The van der Waals surface area contributed by atoms with Crippen molar-refractivity contribution >= 4 is 11.8 Å². The Morgan fingerprint density at radius 2 is 1.25 bits per heavy atom. The number of benzene rings is 3. The number of hydrogen-bond acceptors (Lipinski definition) is 3. The molecule has 3 aromatic rings. The van der Waals surface area contributed by atoms with Gasteiger partial charge in [0, 0.05) is 6.42 Å². The van der Waals surface area contributed by atoms with Gasteiger partial charge in [0.05, 0.1) is 0 Å². The largest absolute Gasteiger partial charge is 0.484 e. The summed E-state index contributed by atoms with van der Waals surface area (Å²) in [4.78, 5) is 23.6. The van der Waals surface area contributed by atoms with Crippen molar-refractivity contribution in [2.75, 3.05) is 6.61 Å². The van der Waals surface area contributed by atoms with Crippen LogP contribution in [-0.2, 0) is 16.0 Å². The maximum absolute atomic E-state index is 11.8. The van der Waals surface area contributed by atoms with E-state index in [0.29, 0.717) is 18.6 Å². The highest BCUT2D eigenvalue weighted by Crippen LogP contribution is 2.21. The SMILES string of the molecule is O=C(CCc1ccccc1)NNC(=O)COc1ccc(-c2ccccc2)cc1. The Morgan fingerprint density at radius 1 is 0.679 bits per heavy atom. The summed E-state index contributed by atoms with van der Waals surface area (Å²) in [5, 5.41) is 0. The zero-order chi connectivity index (χ0) is 19.6. The zero-order valence-electron chi connectivity index (χ0n) is 15.4. The average Bonchev–Trinajstić information content (AvgIpc) is 2.76. The first-order chi connectivity index (χ1) is 13.7. The maximum Gasteiger partial charge on any atom is 0.276 e. The minimum Gasteiger partial charge on any atom is -0.484 e. The molecule has 2 N–H and O–H groups in total. The lowest BCUT2D eigenvalue weighted by molar-refractivity contribution is -0.130. The molecule has 2 amide bonds. The lowest BCUT2D eigenvalue weighted by Gasteiger charge is -2.09. The van der Waals surface area contributed by atoms with E-state index in [9.17, 15) is 9.59 Å². The van der Waals surface area contributed by atoms with Crippen molar-refractivity contribution in [1.29, 1.82) is 0 Å². The molecule has 0 bridgehead atoms. The van der Waals surface area contributed by atoms with Crippen LogP contribution in [0.1, 0.15) is 12.0 Å². The van der Waals surface area contributed by atoms with Crippen LogP contribution in [0.25, 0.3) is 11.1 Å². The normalized spacial score (nSPS) is 10.1. The molecule has 0 fully saturated rings. The van der Waals surface area contributed by atoms with Crippen LogP contribution in [0.2, 0.25) is 0 Å². The molecule has 5 nitrogen and oxygen atoms in total. The van der Waals surface area contributed by atoms with Crippen LogP contribution in [0.4, 0.5) is 0 Å². The minimum atomic E-state index is -0.416. The molecule has 0 aliphatic rings. The molecule has 0 aromatic heterocycles. The molecule has 5 heteroatoms. The van der Waals surface area contributed by atoms with Gasteiger partial charge in [-0.1, -0.05) is 72.8 Å². The number of hydrazine groups is 1. The fourth-order valence-corrected chi connectivity index (χ4v) is 2.66. The highest BCUT2D eigenvalue weighted by atomic mass is 16.5. The first-order valence-corrected chi connectivity index (χ1v) is 9.10. The van der Waals surface area contributed by atoms with Crippen molar-refractivity contribution in [3.8, 4) is 16.9 Å². The second-order valence-corrected chi connectivity index (χ2v) is 6.26. The summed E-state index contributed by atoms with van der Waals surface area (Å²) in [5.74, 6) is -0.0742. The Bertz CT molecular complexity index is 894. The van der Waals surface area contributed by atoms with Gasteiger partial charge in [-0.2, -0.15) is 0 Å². The second kappa shape index (κ2) is 9.92. The van der Waals surface area contributed by atoms with Gasteiger partial charge < -0.3 is 4.74 Å². The summed E-state index contributed by atoms with van der Waals surface area (Å²) in [5.41, 5.74) is 8.03. The van der Waals surface area contributed by atoms with Crippen LogP contribution >= 0.6 is 0 Å². The van der Waals surface area contributed by atoms with Gasteiger partial charge >= 0.3 is 0 Å². The van der Waals surface area contributed by atoms with Crippen molar-refractivity contribution in [2.24, 2.45) is 0 Å². The van der Waals surface area contributed by atoms with Crippen molar-refractivity contribution < 1.29 is 14.3 Å². The predicted octanol–water partition coefficient (Wildman–Crippen LogP) is 3.51. The van der Waals surface area contributed by atoms with E-state index in [1.165, 1.54) is 0 Å². The number of amides is 2. The van der Waals surface area contributed by atoms with Gasteiger partial charge in [0.15, 0.2) is 6.61 Å². The molecule has 3 aromatic carbocycles. The Labute approximate surface area is 164 Å². The minimum absolute atomic E-state index is 0.177. The van der Waals surface area contributed by atoms with E-state index in [2.05, 4.69) is 10.9 Å². The van der Waals surface area contributed by atoms with Crippen LogP contribution in [0, 0.1) is 0 Å². The third-order valence-corrected chi connectivity index (χ3v) is 4.16. The Morgan fingerprint density at radius 3 is 1.93 bits per heavy atom. The van der Waals surface area contributed by atoms with Gasteiger partial charge in [-0.3, -0.25) is 20.4 Å². The molecule has 0 heterocycles. The molecule has 0 aliphatic heterocycles. The van der Waals surface area contributed by atoms with Gasteiger partial charge in [-0.05, 0) is 35.2 Å². The molecule has 28 heavy (non-hydrogen) atoms. The highest BCUT2D eigenvalue weighted by Gasteiger charge is 2.06. The second-order valence-electron chi connectivity index (χ2n) is 6.26. The average molecular weight is 374 g/mol. The Balaban J connectivity index is 1.37. The number of ether oxygens (including phenoxy) is 1. The van der Waals surface area contributed by atoms with Crippen molar-refractivity contribution in [1.82, 2.24) is 10.9 Å². The lowest BCUT2D eigenvalue weighted by Crippen LogP contribution is -2.43. The van der Waals surface area contributed by atoms with Gasteiger partial charge in [-0.15, -0.1) is 0 Å². The smallest absolute Gasteiger partial charge is 0.276 e. The van der Waals surface area contributed by atoms with Crippen molar-refractivity contribution in [2.45, 2.75) is 12.8 Å².